The Labute approximate surface area is 178 Å². The lowest BCUT2D eigenvalue weighted by atomic mass is 10.00. The standard InChI is InChI=1S/C22H14ClF3N2O3/c23-14-5-3-4-13(10-14)11-28-9-8-27-12-16(19(29)20(30)18(27)21(28)31)15-6-1-2-7-17(15)22(24,25)26/h1-10,12,30H,11H2. The highest BCUT2D eigenvalue weighted by molar-refractivity contribution is 6.30. The molecule has 2 aromatic heterocycles. The molecular weight excluding hydrogens is 433 g/mol. The molecule has 9 heteroatoms. The molecule has 0 radical (unpaired) electrons. The number of hydrogen-bond acceptors (Lipinski definition) is 3. The van der Waals surface area contributed by atoms with E-state index in [4.69, 9.17) is 11.6 Å². The number of hydrogen-bond donors (Lipinski definition) is 1. The molecule has 0 bridgehead atoms. The Hall–Kier alpha value is -3.52. The van der Waals surface area contributed by atoms with Gasteiger partial charge in [0.05, 0.1) is 17.7 Å². The zero-order valence-corrected chi connectivity index (χ0v) is 16.5. The molecular formula is C22H14ClF3N2O3. The predicted octanol–water partition coefficient (Wildman–Crippen LogP) is 4.55. The van der Waals surface area contributed by atoms with E-state index in [0.717, 1.165) is 28.3 Å². The largest absolute Gasteiger partial charge is 0.503 e. The van der Waals surface area contributed by atoms with Gasteiger partial charge in [0, 0.05) is 23.6 Å². The Balaban J connectivity index is 1.90. The number of benzene rings is 2. The summed E-state index contributed by atoms with van der Waals surface area (Å²) in [5, 5.41) is 10.9. The lowest BCUT2D eigenvalue weighted by Gasteiger charge is -2.14. The monoisotopic (exact) mass is 446 g/mol. The van der Waals surface area contributed by atoms with Gasteiger partial charge in [-0.2, -0.15) is 13.2 Å². The number of aromatic hydroxyl groups is 1. The average Bonchev–Trinajstić information content (AvgIpc) is 2.72. The van der Waals surface area contributed by atoms with Crippen LogP contribution in [0.2, 0.25) is 5.02 Å². The van der Waals surface area contributed by atoms with E-state index >= 15 is 0 Å². The Morgan fingerprint density at radius 1 is 0.968 bits per heavy atom. The molecule has 0 aliphatic heterocycles. The maximum absolute atomic E-state index is 13.4. The summed E-state index contributed by atoms with van der Waals surface area (Å²) in [4.78, 5) is 25.6. The van der Waals surface area contributed by atoms with Gasteiger partial charge in [-0.3, -0.25) is 9.59 Å². The van der Waals surface area contributed by atoms with Crippen molar-refractivity contribution in [3.8, 4) is 16.9 Å². The highest BCUT2D eigenvalue weighted by Crippen LogP contribution is 2.36. The van der Waals surface area contributed by atoms with Crippen molar-refractivity contribution < 1.29 is 18.3 Å². The summed E-state index contributed by atoms with van der Waals surface area (Å²) in [5.74, 6) is -0.917. The Bertz CT molecular complexity index is 1420. The number of alkyl halides is 3. The smallest absolute Gasteiger partial charge is 0.417 e. The maximum atomic E-state index is 13.4. The summed E-state index contributed by atoms with van der Waals surface area (Å²) >= 11 is 5.96. The minimum atomic E-state index is -4.70. The number of pyridine rings is 1. The van der Waals surface area contributed by atoms with Crippen LogP contribution < -0.4 is 11.0 Å². The second-order valence-corrected chi connectivity index (χ2v) is 7.32. The van der Waals surface area contributed by atoms with Crippen molar-refractivity contribution in [2.45, 2.75) is 12.7 Å². The van der Waals surface area contributed by atoms with E-state index in [1.165, 1.54) is 29.1 Å². The molecule has 0 fully saturated rings. The number of rotatable bonds is 3. The molecule has 1 N–H and O–H groups in total. The zero-order valence-electron chi connectivity index (χ0n) is 15.7. The molecule has 2 heterocycles. The quantitative estimate of drug-likeness (QED) is 0.502. The molecule has 0 aliphatic rings. The molecule has 0 saturated heterocycles. The highest BCUT2D eigenvalue weighted by Gasteiger charge is 2.34. The van der Waals surface area contributed by atoms with E-state index in [2.05, 4.69) is 0 Å². The first kappa shape index (κ1) is 20.7. The molecule has 0 atom stereocenters. The van der Waals surface area contributed by atoms with Crippen LogP contribution in [0.15, 0.2) is 76.7 Å². The maximum Gasteiger partial charge on any atom is 0.417 e. The molecule has 31 heavy (non-hydrogen) atoms. The highest BCUT2D eigenvalue weighted by atomic mass is 35.5. The van der Waals surface area contributed by atoms with Crippen molar-refractivity contribution in [2.24, 2.45) is 0 Å². The third-order valence-corrected chi connectivity index (χ3v) is 5.08. The zero-order chi connectivity index (χ0) is 22.3. The van der Waals surface area contributed by atoms with E-state index in [1.54, 1.807) is 24.3 Å². The third-order valence-electron chi connectivity index (χ3n) is 4.85. The van der Waals surface area contributed by atoms with Crippen LogP contribution in [0.4, 0.5) is 13.2 Å². The van der Waals surface area contributed by atoms with Crippen LogP contribution in [0.25, 0.3) is 16.6 Å². The van der Waals surface area contributed by atoms with E-state index in [0.29, 0.717) is 5.02 Å². The van der Waals surface area contributed by atoms with Gasteiger partial charge in [-0.1, -0.05) is 41.9 Å². The fraction of sp³-hybridized carbons (Fsp3) is 0.0909. The Kier molecular flexibility index (Phi) is 5.10. The minimum Gasteiger partial charge on any atom is -0.503 e. The summed E-state index contributed by atoms with van der Waals surface area (Å²) < 4.78 is 42.6. The lowest BCUT2D eigenvalue weighted by molar-refractivity contribution is -0.137. The van der Waals surface area contributed by atoms with Crippen molar-refractivity contribution in [1.82, 2.24) is 8.97 Å². The van der Waals surface area contributed by atoms with Crippen LogP contribution in [0, 0.1) is 0 Å². The topological polar surface area (TPSA) is 63.7 Å². The Morgan fingerprint density at radius 2 is 1.71 bits per heavy atom. The number of nitrogens with zero attached hydrogens (tertiary/aromatic N) is 2. The molecule has 0 spiro atoms. The molecule has 158 valence electrons. The second-order valence-electron chi connectivity index (χ2n) is 6.88. The summed E-state index contributed by atoms with van der Waals surface area (Å²) in [5.41, 5.74) is -3.11. The molecule has 4 rings (SSSR count). The van der Waals surface area contributed by atoms with Crippen LogP contribution in [0.5, 0.6) is 5.75 Å². The van der Waals surface area contributed by atoms with E-state index in [-0.39, 0.29) is 23.2 Å². The van der Waals surface area contributed by atoms with Gasteiger partial charge in [0.2, 0.25) is 5.43 Å². The predicted molar refractivity (Wildman–Crippen MR) is 111 cm³/mol. The van der Waals surface area contributed by atoms with Gasteiger partial charge >= 0.3 is 6.18 Å². The van der Waals surface area contributed by atoms with Gasteiger partial charge in [0.1, 0.15) is 0 Å². The number of fused-ring (bicyclic) bond motifs is 1. The van der Waals surface area contributed by atoms with Gasteiger partial charge < -0.3 is 14.1 Å². The van der Waals surface area contributed by atoms with Crippen molar-refractivity contribution in [1.29, 1.82) is 0 Å². The lowest BCUT2D eigenvalue weighted by Crippen LogP contribution is -2.25. The van der Waals surface area contributed by atoms with Gasteiger partial charge in [-0.15, -0.1) is 0 Å². The summed E-state index contributed by atoms with van der Waals surface area (Å²) in [6, 6.07) is 11.4. The fourth-order valence-electron chi connectivity index (χ4n) is 3.42. The number of aromatic nitrogens is 2. The first-order valence-corrected chi connectivity index (χ1v) is 9.43. The van der Waals surface area contributed by atoms with Crippen LogP contribution in [-0.2, 0) is 12.7 Å². The van der Waals surface area contributed by atoms with Crippen molar-refractivity contribution >= 4 is 17.1 Å². The summed E-state index contributed by atoms with van der Waals surface area (Å²) in [6.07, 6.45) is -0.772. The van der Waals surface area contributed by atoms with Gasteiger partial charge in [-0.25, -0.2) is 0 Å². The Morgan fingerprint density at radius 3 is 2.42 bits per heavy atom. The van der Waals surface area contributed by atoms with Crippen LogP contribution >= 0.6 is 11.6 Å². The SMILES string of the molecule is O=c1c(-c2ccccc2C(F)(F)F)cn2ccn(Cc3cccc(Cl)c3)c(=O)c2c1O. The van der Waals surface area contributed by atoms with Crippen LogP contribution in [0.3, 0.4) is 0 Å². The molecule has 0 aliphatic carbocycles. The van der Waals surface area contributed by atoms with Gasteiger partial charge in [0.15, 0.2) is 11.3 Å². The fourth-order valence-corrected chi connectivity index (χ4v) is 3.63. The van der Waals surface area contributed by atoms with Gasteiger partial charge in [-0.05, 0) is 29.3 Å². The van der Waals surface area contributed by atoms with Crippen molar-refractivity contribution in [2.75, 3.05) is 0 Å². The first-order chi connectivity index (χ1) is 14.7. The van der Waals surface area contributed by atoms with E-state index < -0.39 is 28.5 Å². The molecule has 5 nitrogen and oxygen atoms in total. The molecule has 0 amide bonds. The van der Waals surface area contributed by atoms with Crippen molar-refractivity contribution in [3.05, 3.63) is 104 Å². The molecule has 4 aromatic rings. The van der Waals surface area contributed by atoms with Crippen molar-refractivity contribution in [3.63, 3.8) is 0 Å². The minimum absolute atomic E-state index is 0.127. The van der Waals surface area contributed by atoms with Crippen LogP contribution in [0.1, 0.15) is 11.1 Å². The van der Waals surface area contributed by atoms with E-state index in [9.17, 15) is 27.9 Å². The molecule has 0 saturated carbocycles. The van der Waals surface area contributed by atoms with E-state index in [1.807, 2.05) is 0 Å². The molecule has 2 aromatic carbocycles. The van der Waals surface area contributed by atoms with Gasteiger partial charge in [0.25, 0.3) is 5.56 Å². The van der Waals surface area contributed by atoms with Crippen LogP contribution in [-0.4, -0.2) is 14.1 Å². The first-order valence-electron chi connectivity index (χ1n) is 9.05. The number of halogens is 4. The second kappa shape index (κ2) is 7.63. The third kappa shape index (κ3) is 3.82. The summed E-state index contributed by atoms with van der Waals surface area (Å²) in [7, 11) is 0. The normalized spacial score (nSPS) is 11.7. The molecule has 0 unspecified atom stereocenters. The average molecular weight is 447 g/mol. The summed E-state index contributed by atoms with van der Waals surface area (Å²) in [6.45, 7) is 0.127.